The Hall–Kier alpha value is -1.57. The highest BCUT2D eigenvalue weighted by molar-refractivity contribution is 7.89. The van der Waals surface area contributed by atoms with Crippen LogP contribution in [0.15, 0.2) is 40.6 Å². The van der Waals surface area contributed by atoms with E-state index in [-0.39, 0.29) is 10.9 Å². The van der Waals surface area contributed by atoms with Crippen molar-refractivity contribution in [3.63, 3.8) is 0 Å². The molecule has 5 nitrogen and oxygen atoms in total. The zero-order valence-corrected chi connectivity index (χ0v) is 13.8. The summed E-state index contributed by atoms with van der Waals surface area (Å²) >= 11 is 1.66. The normalized spacial score (nSPS) is 13.1. The van der Waals surface area contributed by atoms with E-state index in [1.54, 1.807) is 23.5 Å². The van der Waals surface area contributed by atoms with Gasteiger partial charge in [0.1, 0.15) is 0 Å². The van der Waals surface area contributed by atoms with Gasteiger partial charge in [-0.15, -0.1) is 11.3 Å². The predicted octanol–water partition coefficient (Wildman–Crippen LogP) is 2.44. The molecular formula is C14H19N3O2S2. The Morgan fingerprint density at radius 3 is 2.62 bits per heavy atom. The molecule has 7 heteroatoms. The number of nitrogens with two attached hydrogens (primary N) is 1. The molecule has 114 valence electrons. The molecule has 0 aliphatic rings. The summed E-state index contributed by atoms with van der Waals surface area (Å²) in [6.45, 7) is 2.06. The number of nitrogens with zero attached hydrogens (tertiary/aromatic N) is 1. The van der Waals surface area contributed by atoms with Gasteiger partial charge < -0.3 is 10.6 Å². The van der Waals surface area contributed by atoms with Gasteiger partial charge >= 0.3 is 0 Å². The summed E-state index contributed by atoms with van der Waals surface area (Å²) in [5.74, 6) is 0. The molecule has 1 heterocycles. The lowest BCUT2D eigenvalue weighted by molar-refractivity contribution is 0.588. The molecule has 0 radical (unpaired) electrons. The minimum atomic E-state index is -3.48. The topological polar surface area (TPSA) is 75.4 Å². The molecule has 0 saturated carbocycles. The molecule has 0 fully saturated rings. The lowest BCUT2D eigenvalue weighted by Gasteiger charge is -2.28. The Balaban J connectivity index is 2.41. The number of thiophene rings is 1. The smallest absolute Gasteiger partial charge is 0.240 e. The van der Waals surface area contributed by atoms with Crippen LogP contribution in [0.25, 0.3) is 0 Å². The second-order valence-electron chi connectivity index (χ2n) is 4.73. The van der Waals surface area contributed by atoms with Crippen molar-refractivity contribution in [3.05, 3.63) is 40.6 Å². The summed E-state index contributed by atoms with van der Waals surface area (Å²) < 4.78 is 26.1. The number of benzene rings is 1. The van der Waals surface area contributed by atoms with Crippen molar-refractivity contribution in [3.8, 4) is 0 Å². The van der Waals surface area contributed by atoms with Crippen molar-refractivity contribution in [2.45, 2.75) is 17.9 Å². The van der Waals surface area contributed by atoms with E-state index in [4.69, 9.17) is 5.73 Å². The zero-order chi connectivity index (χ0) is 15.6. The summed E-state index contributed by atoms with van der Waals surface area (Å²) in [6.07, 6.45) is 0. The van der Waals surface area contributed by atoms with Crippen LogP contribution in [-0.2, 0) is 10.0 Å². The molecule has 0 aliphatic heterocycles. The first-order chi connectivity index (χ1) is 9.86. The van der Waals surface area contributed by atoms with Crippen molar-refractivity contribution in [2.75, 3.05) is 24.7 Å². The van der Waals surface area contributed by atoms with E-state index in [9.17, 15) is 8.42 Å². The Labute approximate surface area is 129 Å². The molecule has 0 bridgehead atoms. The minimum Gasteiger partial charge on any atom is -0.397 e. The number of hydrogen-bond donors (Lipinski definition) is 2. The van der Waals surface area contributed by atoms with Crippen molar-refractivity contribution < 1.29 is 8.42 Å². The van der Waals surface area contributed by atoms with Crippen LogP contribution in [0.4, 0.5) is 11.4 Å². The molecule has 1 unspecified atom stereocenters. The van der Waals surface area contributed by atoms with Gasteiger partial charge in [0.2, 0.25) is 10.0 Å². The quantitative estimate of drug-likeness (QED) is 0.828. The number of sulfonamides is 1. The monoisotopic (exact) mass is 325 g/mol. The first-order valence-electron chi connectivity index (χ1n) is 6.46. The van der Waals surface area contributed by atoms with Crippen LogP contribution < -0.4 is 15.4 Å². The van der Waals surface area contributed by atoms with Crippen LogP contribution in [0.5, 0.6) is 0 Å². The summed E-state index contributed by atoms with van der Waals surface area (Å²) in [4.78, 5) is 3.38. The van der Waals surface area contributed by atoms with Crippen LogP contribution >= 0.6 is 11.3 Å². The number of nitrogen functional groups attached to an aromatic ring is 1. The second kappa shape index (κ2) is 6.05. The fourth-order valence-electron chi connectivity index (χ4n) is 2.04. The number of anilines is 2. The maximum absolute atomic E-state index is 11.9. The molecule has 0 spiro atoms. The highest BCUT2D eigenvalue weighted by Gasteiger charge is 2.19. The Bertz CT molecular complexity index is 712. The van der Waals surface area contributed by atoms with Crippen LogP contribution in [-0.4, -0.2) is 22.5 Å². The van der Waals surface area contributed by atoms with E-state index in [2.05, 4.69) is 17.7 Å². The second-order valence-corrected chi connectivity index (χ2v) is 7.60. The predicted molar refractivity (Wildman–Crippen MR) is 88.2 cm³/mol. The Morgan fingerprint density at radius 2 is 2.05 bits per heavy atom. The highest BCUT2D eigenvalue weighted by Crippen LogP contribution is 2.33. The van der Waals surface area contributed by atoms with Crippen molar-refractivity contribution >= 4 is 32.7 Å². The first kappa shape index (κ1) is 15.8. The van der Waals surface area contributed by atoms with Gasteiger partial charge in [-0.25, -0.2) is 13.1 Å². The average Bonchev–Trinajstić information content (AvgIpc) is 3.00. The van der Waals surface area contributed by atoms with Crippen molar-refractivity contribution in [1.29, 1.82) is 0 Å². The average molecular weight is 325 g/mol. The molecule has 2 rings (SSSR count). The van der Waals surface area contributed by atoms with E-state index >= 15 is 0 Å². The fraction of sp³-hybridized carbons (Fsp3) is 0.286. The lowest BCUT2D eigenvalue weighted by Crippen LogP contribution is -2.23. The van der Waals surface area contributed by atoms with Gasteiger partial charge in [-0.3, -0.25) is 0 Å². The van der Waals surface area contributed by atoms with Crippen LogP contribution in [0.1, 0.15) is 17.8 Å². The SMILES string of the molecule is CNS(=O)(=O)c1ccc(N)c(N(C)C(C)c2cccs2)c1. The summed E-state index contributed by atoms with van der Waals surface area (Å²) in [7, 11) is -0.179. The van der Waals surface area contributed by atoms with E-state index < -0.39 is 10.0 Å². The summed E-state index contributed by atoms with van der Waals surface area (Å²) in [6, 6.07) is 8.89. The molecule has 1 atom stereocenters. The van der Waals surface area contributed by atoms with Crippen molar-refractivity contribution in [2.24, 2.45) is 0 Å². The van der Waals surface area contributed by atoms with Gasteiger partial charge in [0.15, 0.2) is 0 Å². The van der Waals surface area contributed by atoms with Gasteiger partial charge in [-0.05, 0) is 43.6 Å². The number of rotatable bonds is 5. The standard InChI is InChI=1S/C14H19N3O2S2/c1-10(14-5-4-8-20-14)17(3)13-9-11(6-7-12(13)15)21(18,19)16-2/h4-10,16H,15H2,1-3H3. The summed E-state index contributed by atoms with van der Waals surface area (Å²) in [5, 5.41) is 2.02. The minimum absolute atomic E-state index is 0.111. The molecule has 1 aromatic carbocycles. The van der Waals surface area contributed by atoms with Crippen LogP contribution in [0.3, 0.4) is 0 Å². The van der Waals surface area contributed by atoms with Gasteiger partial charge in [0.25, 0.3) is 0 Å². The third kappa shape index (κ3) is 3.20. The van der Waals surface area contributed by atoms with Gasteiger partial charge in [-0.1, -0.05) is 6.07 Å². The molecule has 3 N–H and O–H groups in total. The fourth-order valence-corrected chi connectivity index (χ4v) is 3.62. The molecule has 1 aromatic heterocycles. The Kier molecular flexibility index (Phi) is 4.55. The summed E-state index contributed by atoms with van der Waals surface area (Å²) in [5.41, 5.74) is 7.27. The Morgan fingerprint density at radius 1 is 1.33 bits per heavy atom. The molecule has 2 aromatic rings. The van der Waals surface area contributed by atoms with E-state index in [1.807, 2.05) is 23.4 Å². The third-order valence-electron chi connectivity index (χ3n) is 3.50. The molecule has 0 saturated heterocycles. The van der Waals surface area contributed by atoms with E-state index in [0.717, 1.165) is 0 Å². The first-order valence-corrected chi connectivity index (χ1v) is 8.82. The van der Waals surface area contributed by atoms with Crippen LogP contribution in [0, 0.1) is 0 Å². The largest absolute Gasteiger partial charge is 0.397 e. The van der Waals surface area contributed by atoms with Gasteiger partial charge in [0, 0.05) is 11.9 Å². The molecular weight excluding hydrogens is 306 g/mol. The van der Waals surface area contributed by atoms with Crippen molar-refractivity contribution in [1.82, 2.24) is 4.72 Å². The van der Waals surface area contributed by atoms with Gasteiger partial charge in [-0.2, -0.15) is 0 Å². The van der Waals surface area contributed by atoms with Gasteiger partial charge in [0.05, 0.1) is 22.3 Å². The maximum Gasteiger partial charge on any atom is 0.240 e. The molecule has 21 heavy (non-hydrogen) atoms. The van der Waals surface area contributed by atoms with Crippen LogP contribution in [0.2, 0.25) is 0 Å². The maximum atomic E-state index is 11.9. The third-order valence-corrected chi connectivity index (χ3v) is 5.95. The van der Waals surface area contributed by atoms with E-state index in [1.165, 1.54) is 18.0 Å². The lowest BCUT2D eigenvalue weighted by atomic mass is 10.2. The molecule has 0 amide bonds. The van der Waals surface area contributed by atoms with E-state index in [0.29, 0.717) is 11.4 Å². The zero-order valence-electron chi connectivity index (χ0n) is 12.2. The number of nitrogens with one attached hydrogen (secondary N) is 1. The number of hydrogen-bond acceptors (Lipinski definition) is 5. The highest BCUT2D eigenvalue weighted by atomic mass is 32.2. The molecule has 0 aliphatic carbocycles.